The van der Waals surface area contributed by atoms with Crippen LogP contribution in [0.3, 0.4) is 0 Å². The Morgan fingerprint density at radius 1 is 1.17 bits per heavy atom. The van der Waals surface area contributed by atoms with Crippen molar-refractivity contribution < 1.29 is 18.0 Å². The average molecular weight is 407 g/mol. The number of rotatable bonds is 1. The molecule has 2 fully saturated rings. The van der Waals surface area contributed by atoms with E-state index in [0.29, 0.717) is 32.6 Å². The number of carbonyl (C=O) groups is 1. The van der Waals surface area contributed by atoms with Gasteiger partial charge in [0.1, 0.15) is 12.4 Å². The van der Waals surface area contributed by atoms with E-state index < -0.39 is 24.2 Å². The van der Waals surface area contributed by atoms with Crippen LogP contribution in [0.1, 0.15) is 18.5 Å². The zero-order chi connectivity index (χ0) is 20.3. The molecule has 2 aromatic rings. The molecular formula is C18H20F3N7O. The second kappa shape index (κ2) is 6.26. The first kappa shape index (κ1) is 18.1. The first-order chi connectivity index (χ1) is 13.8. The highest BCUT2D eigenvalue weighted by Crippen LogP contribution is 2.35. The number of alkyl halides is 3. The summed E-state index contributed by atoms with van der Waals surface area (Å²) in [6.45, 7) is 1.08. The molecule has 8 nitrogen and oxygen atoms in total. The van der Waals surface area contributed by atoms with Crippen LogP contribution in [-0.2, 0) is 11.8 Å². The van der Waals surface area contributed by atoms with Gasteiger partial charge in [-0.3, -0.25) is 14.2 Å². The number of amidine groups is 1. The average Bonchev–Trinajstić information content (AvgIpc) is 3.35. The number of likely N-dealkylation sites (tertiary alicyclic amines) is 1. The number of halogens is 3. The maximum absolute atomic E-state index is 13.0. The van der Waals surface area contributed by atoms with Crippen LogP contribution in [0.15, 0.2) is 29.6 Å². The molecule has 0 radical (unpaired) electrons. The van der Waals surface area contributed by atoms with E-state index in [2.05, 4.69) is 15.5 Å². The summed E-state index contributed by atoms with van der Waals surface area (Å²) in [6.07, 6.45) is 1.98. The molecule has 2 atom stereocenters. The van der Waals surface area contributed by atoms with Gasteiger partial charge in [0.2, 0.25) is 0 Å². The fourth-order valence-corrected chi connectivity index (χ4v) is 4.58. The maximum Gasteiger partial charge on any atom is 0.471 e. The van der Waals surface area contributed by atoms with E-state index in [1.54, 1.807) is 10.9 Å². The van der Waals surface area contributed by atoms with Crippen LogP contribution in [0.25, 0.3) is 11.1 Å². The lowest BCUT2D eigenvalue weighted by Gasteiger charge is -2.43. The monoisotopic (exact) mass is 407 g/mol. The van der Waals surface area contributed by atoms with Crippen molar-refractivity contribution in [3.05, 3.63) is 30.4 Å². The molecule has 2 bridgehead atoms. The molecule has 1 N–H and O–H groups in total. The first-order valence-corrected chi connectivity index (χ1v) is 9.46. The summed E-state index contributed by atoms with van der Waals surface area (Å²) >= 11 is 0. The normalized spacial score (nSPS) is 23.7. The van der Waals surface area contributed by atoms with Gasteiger partial charge in [0.05, 0.1) is 18.3 Å². The van der Waals surface area contributed by atoms with Crippen molar-refractivity contribution in [3.8, 4) is 11.1 Å². The lowest BCUT2D eigenvalue weighted by atomic mass is 10.1. The minimum atomic E-state index is -4.83. The van der Waals surface area contributed by atoms with Crippen LogP contribution in [0, 0.1) is 0 Å². The Morgan fingerprint density at radius 3 is 2.52 bits per heavy atom. The van der Waals surface area contributed by atoms with Gasteiger partial charge in [-0.2, -0.15) is 18.3 Å². The summed E-state index contributed by atoms with van der Waals surface area (Å²) < 4.78 is 42.5. The summed E-state index contributed by atoms with van der Waals surface area (Å²) in [5.41, 5.74) is 5.97. The van der Waals surface area contributed by atoms with E-state index in [1.165, 1.54) is 0 Å². The zero-order valence-electron chi connectivity index (χ0n) is 15.7. The molecule has 154 valence electrons. The molecule has 29 heavy (non-hydrogen) atoms. The maximum atomic E-state index is 13.0. The number of nitrogens with one attached hydrogen (secondary N) is 1. The number of aryl methyl sites for hydroxylation is 1. The molecule has 5 heterocycles. The number of hydrogen-bond donors (Lipinski definition) is 1. The Morgan fingerprint density at radius 2 is 1.90 bits per heavy atom. The van der Waals surface area contributed by atoms with Crippen LogP contribution in [0.5, 0.6) is 0 Å². The summed E-state index contributed by atoms with van der Waals surface area (Å²) in [7, 11) is 1.85. The number of amides is 1. The standard InChI is InChI=1S/C18H20F3N7O/c1-25-6-12(5-23-25)11-4-15-16(22-10-24-27(15)7-11)26-8-13-2-3-14(9-26)28(13)17(29)18(19,20)21/h4-7,13-14,24H,2-3,8-10H2,1H3. The van der Waals surface area contributed by atoms with E-state index in [0.717, 1.165) is 27.6 Å². The summed E-state index contributed by atoms with van der Waals surface area (Å²) in [6, 6.07) is 1.11. The van der Waals surface area contributed by atoms with Crippen LogP contribution >= 0.6 is 0 Å². The van der Waals surface area contributed by atoms with Crippen LogP contribution in [0.2, 0.25) is 0 Å². The molecular weight excluding hydrogens is 387 g/mol. The third kappa shape index (κ3) is 2.95. The summed E-state index contributed by atoms with van der Waals surface area (Å²) in [5, 5.41) is 4.20. The topological polar surface area (TPSA) is 70.7 Å². The molecule has 5 rings (SSSR count). The van der Waals surface area contributed by atoms with E-state index in [4.69, 9.17) is 0 Å². The highest BCUT2D eigenvalue weighted by atomic mass is 19.4. The van der Waals surface area contributed by atoms with Gasteiger partial charge in [0.25, 0.3) is 0 Å². The van der Waals surface area contributed by atoms with Crippen LogP contribution in [0.4, 0.5) is 13.2 Å². The van der Waals surface area contributed by atoms with Gasteiger partial charge in [-0.15, -0.1) is 0 Å². The van der Waals surface area contributed by atoms with Crippen LogP contribution < -0.4 is 5.43 Å². The van der Waals surface area contributed by atoms with Crippen molar-refractivity contribution in [1.82, 2.24) is 24.3 Å². The second-order valence-corrected chi connectivity index (χ2v) is 7.68. The number of carbonyl (C=O) groups excluding carboxylic acids is 1. The fraction of sp³-hybridized carbons (Fsp3) is 0.500. The van der Waals surface area contributed by atoms with Gasteiger partial charge in [0.15, 0.2) is 5.84 Å². The molecule has 11 heteroatoms. The van der Waals surface area contributed by atoms with Crippen molar-refractivity contribution >= 4 is 11.7 Å². The Kier molecular flexibility index (Phi) is 3.90. The lowest BCUT2D eigenvalue weighted by molar-refractivity contribution is -0.190. The molecule has 3 aliphatic heterocycles. The summed E-state index contributed by atoms with van der Waals surface area (Å²) in [5.74, 6) is -0.978. The Bertz CT molecular complexity index is 978. The zero-order valence-corrected chi connectivity index (χ0v) is 15.7. The number of nitrogens with zero attached hydrogens (tertiary/aromatic N) is 6. The van der Waals surface area contributed by atoms with E-state index in [-0.39, 0.29) is 0 Å². The predicted molar refractivity (Wildman–Crippen MR) is 98.7 cm³/mol. The molecule has 2 aromatic heterocycles. The number of piperazine rings is 1. The quantitative estimate of drug-likeness (QED) is 0.776. The molecule has 1 amide bonds. The molecule has 2 unspecified atom stereocenters. The Hall–Kier alpha value is -2.98. The highest BCUT2D eigenvalue weighted by molar-refractivity contribution is 5.99. The van der Waals surface area contributed by atoms with E-state index in [9.17, 15) is 18.0 Å². The largest absolute Gasteiger partial charge is 0.471 e. The second-order valence-electron chi connectivity index (χ2n) is 7.68. The number of hydrogen-bond acceptors (Lipinski definition) is 5. The van der Waals surface area contributed by atoms with Crippen LogP contribution in [-0.4, -0.2) is 74.0 Å². The van der Waals surface area contributed by atoms with Gasteiger partial charge >= 0.3 is 12.1 Å². The lowest BCUT2D eigenvalue weighted by Crippen LogP contribution is -2.60. The van der Waals surface area contributed by atoms with Crippen molar-refractivity contribution in [1.29, 1.82) is 0 Å². The SMILES string of the molecule is Cn1cc(-c2cc3n(c2)NCN=C3N2CC3CCC(C2)N3C(=O)C(F)(F)F)cn1. The third-order valence-corrected chi connectivity index (χ3v) is 5.82. The molecule has 0 aliphatic carbocycles. The predicted octanol–water partition coefficient (Wildman–Crippen LogP) is 1.39. The fourth-order valence-electron chi connectivity index (χ4n) is 4.58. The van der Waals surface area contributed by atoms with Crippen molar-refractivity contribution in [3.63, 3.8) is 0 Å². The smallest absolute Gasteiger partial charge is 0.351 e. The number of fused-ring (bicyclic) bond motifs is 3. The van der Waals surface area contributed by atoms with Crippen molar-refractivity contribution in [2.24, 2.45) is 12.0 Å². The molecule has 0 spiro atoms. The molecule has 0 saturated carbocycles. The van der Waals surface area contributed by atoms with Crippen molar-refractivity contribution in [2.75, 3.05) is 25.2 Å². The third-order valence-electron chi connectivity index (χ3n) is 5.82. The van der Waals surface area contributed by atoms with Gasteiger partial charge in [-0.05, 0) is 18.9 Å². The molecule has 2 saturated heterocycles. The Labute approximate surface area is 164 Å². The van der Waals surface area contributed by atoms with Gasteiger partial charge in [0, 0.05) is 43.7 Å². The Balaban J connectivity index is 1.41. The minimum Gasteiger partial charge on any atom is -0.351 e. The first-order valence-electron chi connectivity index (χ1n) is 9.46. The highest BCUT2D eigenvalue weighted by Gasteiger charge is 2.52. The van der Waals surface area contributed by atoms with Crippen molar-refractivity contribution in [2.45, 2.75) is 31.1 Å². The minimum absolute atomic E-state index is 0.352. The van der Waals surface area contributed by atoms with Gasteiger partial charge in [-0.25, -0.2) is 4.99 Å². The number of aromatic nitrogens is 3. The van der Waals surface area contributed by atoms with E-state index in [1.807, 2.05) is 35.1 Å². The van der Waals surface area contributed by atoms with Gasteiger partial charge < -0.3 is 15.2 Å². The molecule has 0 aromatic carbocycles. The summed E-state index contributed by atoms with van der Waals surface area (Å²) in [4.78, 5) is 19.5. The van der Waals surface area contributed by atoms with E-state index >= 15 is 0 Å². The number of aliphatic imine (C=N–C) groups is 1. The molecule has 3 aliphatic rings. The van der Waals surface area contributed by atoms with Gasteiger partial charge in [-0.1, -0.05) is 0 Å².